The van der Waals surface area contributed by atoms with Gasteiger partial charge in [0.25, 0.3) is 0 Å². The molecule has 0 heterocycles. The minimum absolute atomic E-state index is 0.0858. The van der Waals surface area contributed by atoms with E-state index in [0.29, 0.717) is 12.8 Å². The lowest BCUT2D eigenvalue weighted by Gasteiger charge is -2.36. The zero-order valence-electron chi connectivity index (χ0n) is 10.9. The molecule has 7 heteroatoms. The minimum atomic E-state index is -4.48. The van der Waals surface area contributed by atoms with Crippen LogP contribution in [0.2, 0.25) is 0 Å². The number of alkyl halides is 3. The van der Waals surface area contributed by atoms with E-state index in [9.17, 15) is 27.1 Å². The Kier molecular flexibility index (Phi) is 4.92. The molecule has 1 aliphatic rings. The van der Waals surface area contributed by atoms with E-state index in [0.717, 1.165) is 12.1 Å². The Morgan fingerprint density at radius 1 is 1.14 bits per heavy atom. The second-order valence-corrected chi connectivity index (χ2v) is 6.15. The van der Waals surface area contributed by atoms with Gasteiger partial charge in [0.05, 0.1) is 22.1 Å². The Hall–Kier alpha value is -0.690. The summed E-state index contributed by atoms with van der Waals surface area (Å²) in [6.07, 6.45) is -5.42. The Labute approximate surface area is 127 Å². The molecule has 0 spiro atoms. The fourth-order valence-electron chi connectivity index (χ4n) is 2.97. The van der Waals surface area contributed by atoms with Gasteiger partial charge in [-0.3, -0.25) is 0 Å². The fraction of sp³-hybridized carbons (Fsp3) is 0.571. The summed E-state index contributed by atoms with van der Waals surface area (Å²) >= 11 is 2.85. The number of hydrogen-bond acceptors (Lipinski definition) is 1. The summed E-state index contributed by atoms with van der Waals surface area (Å²) in [5.74, 6) is -5.04. The van der Waals surface area contributed by atoms with Crippen LogP contribution in [0.5, 0.6) is 0 Å². The third kappa shape index (κ3) is 3.39. The molecule has 0 amide bonds. The van der Waals surface area contributed by atoms with Crippen molar-refractivity contribution in [3.8, 4) is 0 Å². The molecule has 0 aromatic heterocycles. The topological polar surface area (TPSA) is 20.2 Å². The predicted molar refractivity (Wildman–Crippen MR) is 70.5 cm³/mol. The molecule has 0 radical (unpaired) electrons. The average Bonchev–Trinajstić information content (AvgIpc) is 2.42. The zero-order chi connectivity index (χ0) is 15.8. The Morgan fingerprint density at radius 3 is 2.38 bits per heavy atom. The molecule has 0 bridgehead atoms. The first-order valence-corrected chi connectivity index (χ1v) is 7.41. The second-order valence-electron chi connectivity index (χ2n) is 5.30. The lowest BCUT2D eigenvalue weighted by atomic mass is 9.74. The van der Waals surface area contributed by atoms with Crippen molar-refractivity contribution in [1.82, 2.24) is 0 Å². The molecule has 1 saturated carbocycles. The van der Waals surface area contributed by atoms with E-state index in [-0.39, 0.29) is 17.3 Å². The lowest BCUT2D eigenvalue weighted by Crippen LogP contribution is -2.36. The zero-order valence-corrected chi connectivity index (χ0v) is 12.5. The van der Waals surface area contributed by atoms with Crippen molar-refractivity contribution >= 4 is 15.9 Å². The molecule has 1 aromatic carbocycles. The normalized spacial score (nSPS) is 24.9. The summed E-state index contributed by atoms with van der Waals surface area (Å²) < 4.78 is 66.8. The van der Waals surface area contributed by atoms with Crippen LogP contribution >= 0.6 is 15.9 Å². The maximum atomic E-state index is 14.0. The average molecular weight is 373 g/mol. The van der Waals surface area contributed by atoms with Gasteiger partial charge in [-0.05, 0) is 40.9 Å². The van der Waals surface area contributed by atoms with Crippen molar-refractivity contribution in [3.05, 3.63) is 33.8 Å². The predicted octanol–water partition coefficient (Wildman–Crippen LogP) is 5.13. The van der Waals surface area contributed by atoms with Crippen LogP contribution in [0.25, 0.3) is 0 Å². The van der Waals surface area contributed by atoms with Crippen LogP contribution in [0.4, 0.5) is 22.0 Å². The first-order valence-electron chi connectivity index (χ1n) is 6.61. The van der Waals surface area contributed by atoms with Crippen LogP contribution in [-0.2, 0) is 0 Å². The number of rotatable bonds is 2. The summed E-state index contributed by atoms with van der Waals surface area (Å²) in [5, 5.41) is 10.2. The summed E-state index contributed by atoms with van der Waals surface area (Å²) in [5.41, 5.74) is -0.689. The van der Waals surface area contributed by atoms with Gasteiger partial charge in [0.1, 0.15) is 11.6 Å². The fourth-order valence-corrected chi connectivity index (χ4v) is 3.32. The van der Waals surface area contributed by atoms with E-state index in [1.54, 1.807) is 0 Å². The third-order valence-corrected chi connectivity index (χ3v) is 4.63. The van der Waals surface area contributed by atoms with Crippen LogP contribution in [-0.4, -0.2) is 11.3 Å². The van der Waals surface area contributed by atoms with Crippen LogP contribution in [0.3, 0.4) is 0 Å². The standard InChI is InChI=1S/C14H14BrF5O/c15-9-5-6-10(16)11(12(9)17)13(21)7-3-1-2-4-8(7)14(18,19)20/h5-8,13,21H,1-4H2. The molecule has 1 aliphatic carbocycles. The van der Waals surface area contributed by atoms with Gasteiger partial charge in [0, 0.05) is 5.92 Å². The monoisotopic (exact) mass is 372 g/mol. The number of aliphatic hydroxyl groups is 1. The minimum Gasteiger partial charge on any atom is -0.388 e. The molecule has 3 atom stereocenters. The van der Waals surface area contributed by atoms with Crippen molar-refractivity contribution in [2.45, 2.75) is 38.0 Å². The van der Waals surface area contributed by atoms with E-state index in [1.165, 1.54) is 0 Å². The Morgan fingerprint density at radius 2 is 1.76 bits per heavy atom. The van der Waals surface area contributed by atoms with E-state index in [4.69, 9.17) is 0 Å². The van der Waals surface area contributed by atoms with Crippen LogP contribution in [0.1, 0.15) is 37.4 Å². The van der Waals surface area contributed by atoms with Gasteiger partial charge in [0.15, 0.2) is 0 Å². The molecule has 1 aromatic rings. The molecule has 3 unspecified atom stereocenters. The van der Waals surface area contributed by atoms with Gasteiger partial charge in [-0.15, -0.1) is 0 Å². The van der Waals surface area contributed by atoms with Gasteiger partial charge >= 0.3 is 6.18 Å². The molecule has 118 valence electrons. The highest BCUT2D eigenvalue weighted by Gasteiger charge is 2.48. The molecule has 0 saturated heterocycles. The summed E-state index contributed by atoms with van der Waals surface area (Å²) in [6, 6.07) is 2.04. The van der Waals surface area contributed by atoms with Gasteiger partial charge in [-0.2, -0.15) is 13.2 Å². The molecular weight excluding hydrogens is 359 g/mol. The Balaban J connectivity index is 2.38. The van der Waals surface area contributed by atoms with Crippen molar-refractivity contribution in [2.75, 3.05) is 0 Å². The lowest BCUT2D eigenvalue weighted by molar-refractivity contribution is -0.207. The number of benzene rings is 1. The number of aliphatic hydroxyl groups excluding tert-OH is 1. The molecular formula is C14H14BrF5O. The molecule has 0 aliphatic heterocycles. The maximum absolute atomic E-state index is 14.0. The van der Waals surface area contributed by atoms with E-state index in [2.05, 4.69) is 15.9 Å². The highest BCUT2D eigenvalue weighted by Crippen LogP contribution is 2.47. The van der Waals surface area contributed by atoms with E-state index >= 15 is 0 Å². The largest absolute Gasteiger partial charge is 0.392 e. The molecule has 1 nitrogen and oxygen atoms in total. The van der Waals surface area contributed by atoms with Gasteiger partial charge in [0.2, 0.25) is 0 Å². The molecule has 1 N–H and O–H groups in total. The molecule has 1 fully saturated rings. The summed E-state index contributed by atoms with van der Waals surface area (Å²) in [4.78, 5) is 0. The first-order chi connectivity index (χ1) is 9.73. The van der Waals surface area contributed by atoms with E-state index in [1.807, 2.05) is 0 Å². The van der Waals surface area contributed by atoms with E-state index < -0.39 is 41.3 Å². The highest BCUT2D eigenvalue weighted by atomic mass is 79.9. The van der Waals surface area contributed by atoms with Crippen LogP contribution in [0, 0.1) is 23.5 Å². The smallest absolute Gasteiger partial charge is 0.388 e. The summed E-state index contributed by atoms with van der Waals surface area (Å²) in [6.45, 7) is 0. The SMILES string of the molecule is OC(c1c(F)ccc(Br)c1F)C1CCCCC1C(F)(F)F. The van der Waals surface area contributed by atoms with Gasteiger partial charge < -0.3 is 5.11 Å². The Bertz CT molecular complexity index is 517. The van der Waals surface area contributed by atoms with Gasteiger partial charge in [-0.25, -0.2) is 8.78 Å². The quantitative estimate of drug-likeness (QED) is 0.563. The van der Waals surface area contributed by atoms with Gasteiger partial charge in [-0.1, -0.05) is 12.8 Å². The van der Waals surface area contributed by atoms with Crippen LogP contribution < -0.4 is 0 Å². The number of halogens is 6. The van der Waals surface area contributed by atoms with Crippen molar-refractivity contribution in [1.29, 1.82) is 0 Å². The summed E-state index contributed by atoms with van der Waals surface area (Å²) in [7, 11) is 0. The van der Waals surface area contributed by atoms with Crippen molar-refractivity contribution < 1.29 is 27.1 Å². The maximum Gasteiger partial charge on any atom is 0.392 e. The molecule has 21 heavy (non-hydrogen) atoms. The second kappa shape index (κ2) is 6.20. The van der Waals surface area contributed by atoms with Crippen molar-refractivity contribution in [2.24, 2.45) is 11.8 Å². The van der Waals surface area contributed by atoms with Crippen LogP contribution in [0.15, 0.2) is 16.6 Å². The third-order valence-electron chi connectivity index (χ3n) is 4.02. The highest BCUT2D eigenvalue weighted by molar-refractivity contribution is 9.10. The van der Waals surface area contributed by atoms with Crippen molar-refractivity contribution in [3.63, 3.8) is 0 Å². The number of hydrogen-bond donors (Lipinski definition) is 1. The molecule has 2 rings (SSSR count). The first kappa shape index (κ1) is 16.7.